The Hall–Kier alpha value is -2.42. The number of nitriles is 1. The molecule has 0 fully saturated rings. The summed E-state index contributed by atoms with van der Waals surface area (Å²) in [5, 5.41) is 11.4. The highest BCUT2D eigenvalue weighted by Crippen LogP contribution is 2.28. The average molecular weight is 411 g/mol. The van der Waals surface area contributed by atoms with E-state index >= 15 is 0 Å². The number of hydrogen-bond donors (Lipinski definition) is 0. The van der Waals surface area contributed by atoms with Crippen LogP contribution in [0.15, 0.2) is 63.8 Å². The fourth-order valence-electron chi connectivity index (χ4n) is 2.70. The van der Waals surface area contributed by atoms with Crippen LogP contribution in [-0.4, -0.2) is 17.9 Å². The Labute approximate surface area is 159 Å². The number of thiophene rings is 1. The van der Waals surface area contributed by atoms with Crippen molar-refractivity contribution in [1.29, 1.82) is 5.26 Å². The Bertz CT molecular complexity index is 958. The number of hydrogen-bond acceptors (Lipinski definition) is 3. The van der Waals surface area contributed by atoms with E-state index in [2.05, 4.69) is 22.0 Å². The molecule has 1 heterocycles. The average Bonchev–Trinajstić information content (AvgIpc) is 3.05. The van der Waals surface area contributed by atoms with E-state index < -0.39 is 0 Å². The first-order chi connectivity index (χ1) is 12.1. The molecule has 3 aromatic rings. The summed E-state index contributed by atoms with van der Waals surface area (Å²) >= 11 is 5.05. The molecule has 0 aliphatic rings. The van der Waals surface area contributed by atoms with Crippen molar-refractivity contribution in [2.45, 2.75) is 6.54 Å². The Balaban J connectivity index is 1.95. The second-order valence-electron chi connectivity index (χ2n) is 5.62. The van der Waals surface area contributed by atoms with Crippen LogP contribution < -0.4 is 0 Å². The van der Waals surface area contributed by atoms with E-state index in [1.807, 2.05) is 53.9 Å². The van der Waals surface area contributed by atoms with Gasteiger partial charge >= 0.3 is 0 Å². The minimum Gasteiger partial charge on any atom is -0.337 e. The summed E-state index contributed by atoms with van der Waals surface area (Å²) < 4.78 is 1.05. The summed E-state index contributed by atoms with van der Waals surface area (Å²) in [6.07, 6.45) is 0. The summed E-state index contributed by atoms with van der Waals surface area (Å²) in [6, 6.07) is 19.0. The minimum absolute atomic E-state index is 0.0642. The smallest absolute Gasteiger partial charge is 0.254 e. The van der Waals surface area contributed by atoms with Crippen LogP contribution in [0.1, 0.15) is 21.5 Å². The lowest BCUT2D eigenvalue weighted by molar-refractivity contribution is 0.0786. The molecular formula is C20H15BrN2OS. The van der Waals surface area contributed by atoms with Crippen molar-refractivity contribution < 1.29 is 4.79 Å². The highest BCUT2D eigenvalue weighted by molar-refractivity contribution is 9.11. The van der Waals surface area contributed by atoms with Crippen LogP contribution in [-0.2, 0) is 6.54 Å². The molecule has 0 aliphatic heterocycles. The number of carbonyl (C=O) groups excluding carboxylic acids is 1. The second kappa shape index (κ2) is 7.64. The number of nitrogens with zero attached hydrogens (tertiary/aromatic N) is 2. The van der Waals surface area contributed by atoms with E-state index in [0.717, 1.165) is 20.5 Å². The van der Waals surface area contributed by atoms with Gasteiger partial charge in [-0.25, -0.2) is 0 Å². The van der Waals surface area contributed by atoms with Gasteiger partial charge in [0.25, 0.3) is 5.91 Å². The van der Waals surface area contributed by atoms with Crippen molar-refractivity contribution in [3.8, 4) is 17.2 Å². The maximum Gasteiger partial charge on any atom is 0.254 e. The van der Waals surface area contributed by atoms with E-state index in [0.29, 0.717) is 17.7 Å². The lowest BCUT2D eigenvalue weighted by Crippen LogP contribution is -2.26. The van der Waals surface area contributed by atoms with Gasteiger partial charge in [-0.3, -0.25) is 4.79 Å². The molecule has 0 unspecified atom stereocenters. The van der Waals surface area contributed by atoms with E-state index in [4.69, 9.17) is 0 Å². The predicted molar refractivity (Wildman–Crippen MR) is 104 cm³/mol. The molecule has 3 nitrogen and oxygen atoms in total. The Morgan fingerprint density at radius 2 is 1.84 bits per heavy atom. The highest BCUT2D eigenvalue weighted by atomic mass is 79.9. The van der Waals surface area contributed by atoms with Crippen molar-refractivity contribution in [3.05, 3.63) is 80.5 Å². The molecule has 0 saturated heterocycles. The number of halogens is 1. The molecular weight excluding hydrogens is 396 g/mol. The van der Waals surface area contributed by atoms with Crippen molar-refractivity contribution in [2.24, 2.45) is 0 Å². The monoisotopic (exact) mass is 410 g/mol. The first-order valence-electron chi connectivity index (χ1n) is 7.67. The third kappa shape index (κ3) is 3.81. The number of carbonyl (C=O) groups is 1. The highest BCUT2D eigenvalue weighted by Gasteiger charge is 2.18. The van der Waals surface area contributed by atoms with Gasteiger partial charge in [0.05, 0.1) is 15.4 Å². The van der Waals surface area contributed by atoms with Gasteiger partial charge < -0.3 is 4.90 Å². The number of benzene rings is 2. The zero-order chi connectivity index (χ0) is 17.8. The van der Waals surface area contributed by atoms with Gasteiger partial charge in [-0.15, -0.1) is 11.3 Å². The molecule has 0 N–H and O–H groups in total. The quantitative estimate of drug-likeness (QED) is 0.583. The molecule has 25 heavy (non-hydrogen) atoms. The van der Waals surface area contributed by atoms with Gasteiger partial charge in [-0.2, -0.15) is 5.26 Å². The van der Waals surface area contributed by atoms with Crippen molar-refractivity contribution in [2.75, 3.05) is 7.05 Å². The molecule has 1 amide bonds. The van der Waals surface area contributed by atoms with E-state index in [1.165, 1.54) is 0 Å². The fraction of sp³-hybridized carbons (Fsp3) is 0.100. The maximum absolute atomic E-state index is 13.0. The second-order valence-corrected chi connectivity index (χ2v) is 7.91. The molecule has 0 atom stereocenters. The summed E-state index contributed by atoms with van der Waals surface area (Å²) in [5.41, 5.74) is 3.81. The Morgan fingerprint density at radius 3 is 2.52 bits per heavy atom. The van der Waals surface area contributed by atoms with Crippen LogP contribution in [0.2, 0.25) is 0 Å². The Kier molecular flexibility index (Phi) is 5.32. The van der Waals surface area contributed by atoms with E-state index in [1.54, 1.807) is 29.4 Å². The first kappa shape index (κ1) is 17.4. The van der Waals surface area contributed by atoms with Gasteiger partial charge in [0.2, 0.25) is 0 Å². The van der Waals surface area contributed by atoms with Gasteiger partial charge in [0.15, 0.2) is 0 Å². The predicted octanol–water partition coefficient (Wildman–Crippen LogP) is 5.32. The standard InChI is InChI=1S/C20H15BrN2OS/c1-23(12-14-10-19(21)25-13-14)20(24)18-9-5-4-8-17(18)16-7-3-2-6-15(16)11-22/h2-10,13H,12H2,1H3. The van der Waals surface area contributed by atoms with Crippen molar-refractivity contribution >= 4 is 33.2 Å². The summed E-state index contributed by atoms with van der Waals surface area (Å²) in [4.78, 5) is 14.7. The summed E-state index contributed by atoms with van der Waals surface area (Å²) in [5.74, 6) is -0.0642. The molecule has 0 saturated carbocycles. The van der Waals surface area contributed by atoms with Gasteiger partial charge in [-0.05, 0) is 50.6 Å². The van der Waals surface area contributed by atoms with E-state index in [-0.39, 0.29) is 5.91 Å². The van der Waals surface area contributed by atoms with Gasteiger partial charge in [0.1, 0.15) is 0 Å². The molecule has 1 aromatic heterocycles. The molecule has 124 valence electrons. The topological polar surface area (TPSA) is 44.1 Å². The minimum atomic E-state index is -0.0642. The maximum atomic E-state index is 13.0. The molecule has 0 bridgehead atoms. The van der Waals surface area contributed by atoms with Crippen LogP contribution in [0.25, 0.3) is 11.1 Å². The van der Waals surface area contributed by atoms with Crippen LogP contribution in [0.3, 0.4) is 0 Å². The zero-order valence-electron chi connectivity index (χ0n) is 13.6. The van der Waals surface area contributed by atoms with Crippen LogP contribution in [0.4, 0.5) is 0 Å². The normalized spacial score (nSPS) is 10.3. The number of rotatable bonds is 4. The van der Waals surface area contributed by atoms with Gasteiger partial charge in [0, 0.05) is 24.7 Å². The van der Waals surface area contributed by atoms with Gasteiger partial charge in [-0.1, -0.05) is 36.4 Å². The number of amides is 1. The Morgan fingerprint density at radius 1 is 1.16 bits per heavy atom. The van der Waals surface area contributed by atoms with Crippen molar-refractivity contribution in [1.82, 2.24) is 4.90 Å². The van der Waals surface area contributed by atoms with Crippen LogP contribution in [0.5, 0.6) is 0 Å². The molecule has 0 radical (unpaired) electrons. The largest absolute Gasteiger partial charge is 0.337 e. The van der Waals surface area contributed by atoms with Crippen LogP contribution >= 0.6 is 27.3 Å². The SMILES string of the molecule is CN(Cc1csc(Br)c1)C(=O)c1ccccc1-c1ccccc1C#N. The van der Waals surface area contributed by atoms with Crippen LogP contribution in [0, 0.1) is 11.3 Å². The zero-order valence-corrected chi connectivity index (χ0v) is 16.0. The summed E-state index contributed by atoms with van der Waals surface area (Å²) in [6.45, 7) is 0.537. The molecule has 5 heteroatoms. The van der Waals surface area contributed by atoms with E-state index in [9.17, 15) is 10.1 Å². The lowest BCUT2D eigenvalue weighted by atomic mass is 9.95. The third-order valence-corrected chi connectivity index (χ3v) is 5.44. The fourth-order valence-corrected chi connectivity index (χ4v) is 3.90. The van der Waals surface area contributed by atoms with Crippen molar-refractivity contribution in [3.63, 3.8) is 0 Å². The molecule has 0 spiro atoms. The summed E-state index contributed by atoms with van der Waals surface area (Å²) in [7, 11) is 1.79. The third-order valence-electron chi connectivity index (χ3n) is 3.88. The molecule has 0 aliphatic carbocycles. The first-order valence-corrected chi connectivity index (χ1v) is 9.34. The lowest BCUT2D eigenvalue weighted by Gasteiger charge is -2.19. The molecule has 3 rings (SSSR count). The molecule has 2 aromatic carbocycles.